The van der Waals surface area contributed by atoms with Crippen LogP contribution in [0.5, 0.6) is 0 Å². The Morgan fingerprint density at radius 1 is 1.07 bits per heavy atom. The molecule has 0 unspecified atom stereocenters. The number of halogens is 2. The molecule has 0 saturated carbocycles. The number of thiazole rings is 1. The Kier molecular flexibility index (Phi) is 4.37. The molecule has 0 bridgehead atoms. The van der Waals surface area contributed by atoms with Gasteiger partial charge in [0.2, 0.25) is 4.96 Å². The molecule has 142 valence electrons. The Balaban J connectivity index is 1.53. The van der Waals surface area contributed by atoms with Crippen molar-refractivity contribution in [3.63, 3.8) is 0 Å². The van der Waals surface area contributed by atoms with Gasteiger partial charge in [-0.05, 0) is 48.5 Å². The minimum absolute atomic E-state index is 0.254. The van der Waals surface area contributed by atoms with E-state index in [2.05, 4.69) is 26.0 Å². The van der Waals surface area contributed by atoms with Crippen molar-refractivity contribution in [2.45, 2.75) is 0 Å². The van der Waals surface area contributed by atoms with Gasteiger partial charge in [-0.3, -0.25) is 4.79 Å². The molecular formula is C21H11BrFN3O2S. The number of nitrogens with zero attached hydrogens (tertiary/aromatic N) is 3. The molecule has 5 rings (SSSR count). The molecule has 2 aromatic carbocycles. The van der Waals surface area contributed by atoms with E-state index in [9.17, 15) is 9.18 Å². The summed E-state index contributed by atoms with van der Waals surface area (Å²) in [6, 6.07) is 17.2. The lowest BCUT2D eigenvalue weighted by molar-refractivity contribution is 0.571. The molecule has 5 aromatic rings. The maximum Gasteiger partial charge on any atom is 0.291 e. The summed E-state index contributed by atoms with van der Waals surface area (Å²) in [5.41, 5.74) is 1.33. The molecule has 0 aliphatic heterocycles. The second-order valence-corrected chi connectivity index (χ2v) is 8.10. The van der Waals surface area contributed by atoms with Crippen LogP contribution in [0, 0.1) is 5.82 Å². The van der Waals surface area contributed by atoms with Crippen molar-refractivity contribution in [3.8, 4) is 22.7 Å². The molecule has 0 atom stereocenters. The summed E-state index contributed by atoms with van der Waals surface area (Å²) in [6.07, 6.45) is 1.66. The fourth-order valence-corrected chi connectivity index (χ4v) is 4.27. The van der Waals surface area contributed by atoms with Crippen LogP contribution in [0.3, 0.4) is 0 Å². The molecule has 0 saturated heterocycles. The number of fused-ring (bicyclic) bond motifs is 1. The number of furan rings is 1. The molecule has 5 nitrogen and oxygen atoms in total. The molecule has 8 heteroatoms. The SMILES string of the molecule is O=c1/c(=C/c2ccc(-c3ccc(F)cc3)o2)sc2nc(-c3ccccc3Br)nn12. The van der Waals surface area contributed by atoms with Crippen LogP contribution in [-0.4, -0.2) is 14.6 Å². The monoisotopic (exact) mass is 467 g/mol. The van der Waals surface area contributed by atoms with Crippen molar-refractivity contribution in [1.82, 2.24) is 14.6 Å². The van der Waals surface area contributed by atoms with Crippen molar-refractivity contribution in [1.29, 1.82) is 0 Å². The zero-order chi connectivity index (χ0) is 20.0. The summed E-state index contributed by atoms with van der Waals surface area (Å²) in [7, 11) is 0. The Morgan fingerprint density at radius 2 is 1.86 bits per heavy atom. The summed E-state index contributed by atoms with van der Waals surface area (Å²) in [5, 5.41) is 4.35. The molecule has 0 fully saturated rings. The lowest BCUT2D eigenvalue weighted by Crippen LogP contribution is -2.23. The molecule has 0 radical (unpaired) electrons. The first kappa shape index (κ1) is 18.0. The molecule has 0 aliphatic rings. The van der Waals surface area contributed by atoms with Gasteiger partial charge in [0.1, 0.15) is 21.9 Å². The van der Waals surface area contributed by atoms with E-state index < -0.39 is 0 Å². The van der Waals surface area contributed by atoms with Crippen LogP contribution in [0.4, 0.5) is 4.39 Å². The minimum Gasteiger partial charge on any atom is -0.457 e. The Morgan fingerprint density at radius 3 is 2.62 bits per heavy atom. The van der Waals surface area contributed by atoms with E-state index in [1.165, 1.54) is 28.0 Å². The molecule has 3 heterocycles. The van der Waals surface area contributed by atoms with Gasteiger partial charge in [-0.1, -0.05) is 39.4 Å². The van der Waals surface area contributed by atoms with Gasteiger partial charge in [0, 0.05) is 21.7 Å². The highest BCUT2D eigenvalue weighted by Gasteiger charge is 2.14. The predicted molar refractivity (Wildman–Crippen MR) is 113 cm³/mol. The summed E-state index contributed by atoms with van der Waals surface area (Å²) in [4.78, 5) is 17.7. The van der Waals surface area contributed by atoms with Crippen molar-refractivity contribution >= 4 is 38.3 Å². The van der Waals surface area contributed by atoms with E-state index in [1.807, 2.05) is 24.3 Å². The van der Waals surface area contributed by atoms with Gasteiger partial charge in [-0.2, -0.15) is 9.50 Å². The summed E-state index contributed by atoms with van der Waals surface area (Å²) < 4.78 is 21.5. The first-order chi connectivity index (χ1) is 14.1. The maximum absolute atomic E-state index is 13.1. The third-order valence-electron chi connectivity index (χ3n) is 4.33. The zero-order valence-electron chi connectivity index (χ0n) is 14.7. The molecule has 0 spiro atoms. The van der Waals surface area contributed by atoms with E-state index in [0.717, 1.165) is 15.6 Å². The standard InChI is InChI=1S/C21H11BrFN3O2S/c22-16-4-2-1-3-15(16)19-24-21-26(25-19)20(27)18(29-21)11-14-9-10-17(28-14)12-5-7-13(23)8-6-12/h1-11H/b18-11-. The van der Waals surface area contributed by atoms with Gasteiger partial charge in [-0.25, -0.2) is 4.39 Å². The average molecular weight is 468 g/mol. The van der Waals surface area contributed by atoms with Crippen LogP contribution in [-0.2, 0) is 0 Å². The average Bonchev–Trinajstić information content (AvgIpc) is 3.41. The smallest absolute Gasteiger partial charge is 0.291 e. The number of hydrogen-bond donors (Lipinski definition) is 0. The van der Waals surface area contributed by atoms with E-state index in [4.69, 9.17) is 4.42 Å². The maximum atomic E-state index is 13.1. The number of rotatable bonds is 3. The normalized spacial score (nSPS) is 12.1. The zero-order valence-corrected chi connectivity index (χ0v) is 17.1. The highest BCUT2D eigenvalue weighted by atomic mass is 79.9. The lowest BCUT2D eigenvalue weighted by atomic mass is 10.2. The second kappa shape index (κ2) is 7.06. The Hall–Kier alpha value is -3.10. The Bertz CT molecular complexity index is 1450. The van der Waals surface area contributed by atoms with E-state index in [-0.39, 0.29) is 11.4 Å². The fourth-order valence-electron chi connectivity index (χ4n) is 2.92. The van der Waals surface area contributed by atoms with Crippen LogP contribution in [0.1, 0.15) is 5.76 Å². The Labute approximate surface area is 175 Å². The van der Waals surface area contributed by atoms with Crippen LogP contribution >= 0.6 is 27.3 Å². The fraction of sp³-hybridized carbons (Fsp3) is 0. The first-order valence-corrected chi connectivity index (χ1v) is 10.2. The predicted octanol–water partition coefficient (Wildman–Crippen LogP) is 4.53. The topological polar surface area (TPSA) is 60.4 Å². The van der Waals surface area contributed by atoms with Crippen LogP contribution in [0.2, 0.25) is 0 Å². The van der Waals surface area contributed by atoms with Crippen molar-refractivity contribution in [2.24, 2.45) is 0 Å². The number of hydrogen-bond acceptors (Lipinski definition) is 5. The molecule has 0 aliphatic carbocycles. The highest BCUT2D eigenvalue weighted by molar-refractivity contribution is 9.10. The van der Waals surface area contributed by atoms with Gasteiger partial charge in [0.25, 0.3) is 5.56 Å². The summed E-state index contributed by atoms with van der Waals surface area (Å²) >= 11 is 4.72. The first-order valence-electron chi connectivity index (χ1n) is 8.60. The van der Waals surface area contributed by atoms with Gasteiger partial charge >= 0.3 is 0 Å². The quantitative estimate of drug-likeness (QED) is 0.391. The van der Waals surface area contributed by atoms with Gasteiger partial charge in [-0.15, -0.1) is 5.10 Å². The van der Waals surface area contributed by atoms with Crippen LogP contribution in [0.15, 0.2) is 74.3 Å². The third-order valence-corrected chi connectivity index (χ3v) is 5.98. The largest absolute Gasteiger partial charge is 0.457 e. The molecule has 0 N–H and O–H groups in total. The minimum atomic E-state index is -0.306. The third kappa shape index (κ3) is 3.30. The van der Waals surface area contributed by atoms with E-state index in [1.54, 1.807) is 30.3 Å². The van der Waals surface area contributed by atoms with Crippen molar-refractivity contribution in [3.05, 3.63) is 91.6 Å². The molecule has 29 heavy (non-hydrogen) atoms. The summed E-state index contributed by atoms with van der Waals surface area (Å²) in [5.74, 6) is 1.31. The van der Waals surface area contributed by atoms with Crippen LogP contribution in [0.25, 0.3) is 33.7 Å². The van der Waals surface area contributed by atoms with Crippen LogP contribution < -0.4 is 10.1 Å². The van der Waals surface area contributed by atoms with Crippen molar-refractivity contribution < 1.29 is 8.81 Å². The van der Waals surface area contributed by atoms with E-state index >= 15 is 0 Å². The second-order valence-electron chi connectivity index (χ2n) is 6.23. The molecule has 0 amide bonds. The highest BCUT2D eigenvalue weighted by Crippen LogP contribution is 2.26. The van der Waals surface area contributed by atoms with Crippen molar-refractivity contribution in [2.75, 3.05) is 0 Å². The molecule has 3 aromatic heterocycles. The van der Waals surface area contributed by atoms with Gasteiger partial charge in [0.05, 0.1) is 0 Å². The summed E-state index contributed by atoms with van der Waals surface area (Å²) in [6.45, 7) is 0. The lowest BCUT2D eigenvalue weighted by Gasteiger charge is -1.97. The van der Waals surface area contributed by atoms with Gasteiger partial charge < -0.3 is 4.42 Å². The number of benzene rings is 2. The van der Waals surface area contributed by atoms with E-state index in [0.29, 0.717) is 26.8 Å². The molecular weight excluding hydrogens is 457 g/mol. The van der Waals surface area contributed by atoms with Gasteiger partial charge in [0.15, 0.2) is 5.82 Å². The number of aromatic nitrogens is 3.